The van der Waals surface area contributed by atoms with Gasteiger partial charge in [0.2, 0.25) is 0 Å². The maximum absolute atomic E-state index is 4.71. The molecule has 52 heavy (non-hydrogen) atoms. The molecule has 250 valence electrons. The third-order valence-corrected chi connectivity index (χ3v) is 9.98. The Kier molecular flexibility index (Phi) is 7.66. The van der Waals surface area contributed by atoms with E-state index in [4.69, 9.17) is 5.10 Å². The molecule has 0 unspecified atom stereocenters. The third-order valence-electron chi connectivity index (χ3n) is 9.98. The van der Waals surface area contributed by atoms with Crippen molar-refractivity contribution in [3.05, 3.63) is 176 Å². The Morgan fingerprint density at radius 1 is 0.365 bits per heavy atom. The van der Waals surface area contributed by atoms with Crippen LogP contribution in [0.3, 0.4) is 0 Å². The number of hydrogen-bond donors (Lipinski definition) is 0. The van der Waals surface area contributed by atoms with Crippen LogP contribution in [0.5, 0.6) is 0 Å². The van der Waals surface area contributed by atoms with Gasteiger partial charge >= 0.3 is 0 Å². The molecule has 2 heterocycles. The summed E-state index contributed by atoms with van der Waals surface area (Å²) in [5, 5.41) is 11.9. The monoisotopic (exact) mass is 670 g/mol. The first-order chi connectivity index (χ1) is 25.5. The average molecular weight is 671 g/mol. The van der Waals surface area contributed by atoms with E-state index in [-0.39, 0.29) is 5.54 Å². The van der Waals surface area contributed by atoms with Crippen molar-refractivity contribution >= 4 is 21.8 Å². The molecule has 0 spiro atoms. The van der Waals surface area contributed by atoms with Crippen molar-refractivity contribution in [1.82, 2.24) is 19.3 Å². The Morgan fingerprint density at radius 2 is 0.750 bits per heavy atom. The number of benzene rings is 7. The normalized spacial score (nSPS) is 11.8. The summed E-state index contributed by atoms with van der Waals surface area (Å²) in [5.74, 6) is 1.73. The molecular formula is C48H38N4. The maximum Gasteiger partial charge on any atom is 0.164 e. The van der Waals surface area contributed by atoms with Crippen molar-refractivity contribution in [2.75, 3.05) is 0 Å². The lowest BCUT2D eigenvalue weighted by Gasteiger charge is -2.25. The van der Waals surface area contributed by atoms with Gasteiger partial charge in [-0.25, -0.2) is 0 Å². The Hall–Kier alpha value is -6.52. The zero-order valence-corrected chi connectivity index (χ0v) is 29.5. The fourth-order valence-corrected chi connectivity index (χ4v) is 7.61. The van der Waals surface area contributed by atoms with E-state index in [0.29, 0.717) is 0 Å². The third kappa shape index (κ3) is 5.41. The molecule has 0 N–H and O–H groups in total. The molecule has 0 amide bonds. The van der Waals surface area contributed by atoms with E-state index in [2.05, 4.69) is 193 Å². The van der Waals surface area contributed by atoms with Crippen molar-refractivity contribution in [2.24, 2.45) is 0 Å². The molecule has 0 aliphatic carbocycles. The summed E-state index contributed by atoms with van der Waals surface area (Å²) in [6, 6.07) is 62.8. The quantitative estimate of drug-likeness (QED) is 0.176. The average Bonchev–Trinajstić information content (AvgIpc) is 3.80. The first-order valence-electron chi connectivity index (χ1n) is 17.9. The number of nitrogens with zero attached hydrogens (tertiary/aromatic N) is 4. The van der Waals surface area contributed by atoms with E-state index >= 15 is 0 Å². The van der Waals surface area contributed by atoms with E-state index in [1.165, 1.54) is 49.6 Å². The van der Waals surface area contributed by atoms with Crippen molar-refractivity contribution < 1.29 is 0 Å². The van der Waals surface area contributed by atoms with Gasteiger partial charge in [0, 0.05) is 33.1 Å². The van der Waals surface area contributed by atoms with Crippen LogP contribution < -0.4 is 0 Å². The number of rotatable bonds is 6. The molecule has 0 aliphatic rings. The van der Waals surface area contributed by atoms with Crippen LogP contribution in [-0.4, -0.2) is 19.3 Å². The summed E-state index contributed by atoms with van der Waals surface area (Å²) < 4.78 is 4.61. The van der Waals surface area contributed by atoms with Crippen LogP contribution in [0.25, 0.3) is 83.6 Å². The lowest BCUT2D eigenvalue weighted by molar-refractivity contribution is 0.404. The molecule has 7 aromatic carbocycles. The second-order valence-electron chi connectivity index (χ2n) is 14.3. The van der Waals surface area contributed by atoms with E-state index in [9.17, 15) is 0 Å². The zero-order chi connectivity index (χ0) is 35.2. The predicted octanol–water partition coefficient (Wildman–Crippen LogP) is 12.5. The second-order valence-corrected chi connectivity index (χ2v) is 14.3. The summed E-state index contributed by atoms with van der Waals surface area (Å²) >= 11 is 0. The molecule has 9 rings (SSSR count). The zero-order valence-electron chi connectivity index (χ0n) is 29.5. The number of hydrogen-bond acceptors (Lipinski definition) is 2. The van der Waals surface area contributed by atoms with Gasteiger partial charge in [-0.2, -0.15) is 0 Å². The Balaban J connectivity index is 1.08. The molecule has 0 radical (unpaired) electrons. The highest BCUT2D eigenvalue weighted by atomic mass is 15.3. The summed E-state index contributed by atoms with van der Waals surface area (Å²) in [6.07, 6.45) is 0. The standard InChI is InChI=1S/C48H38N4/c1-48(2,3)52-46(35-15-5-4-6-16-35)49-50-47(52)36-27-25-33(26-28-36)38-17-7-9-19-40(38)41-20-10-8-18-39(41)34-29-31-37(32-30-34)51-44-23-13-11-21-42(44)43-22-12-14-24-45(43)51/h4-32H,1-3H3. The molecule has 0 atom stereocenters. The van der Waals surface area contributed by atoms with Gasteiger partial charge in [-0.05, 0) is 78.4 Å². The number of para-hydroxylation sites is 2. The highest BCUT2D eigenvalue weighted by Crippen LogP contribution is 2.40. The lowest BCUT2D eigenvalue weighted by atomic mass is 9.89. The fraction of sp³-hybridized carbons (Fsp3) is 0.0833. The van der Waals surface area contributed by atoms with Crippen LogP contribution in [0.1, 0.15) is 20.8 Å². The molecule has 0 saturated heterocycles. The van der Waals surface area contributed by atoms with E-state index in [1.807, 2.05) is 18.2 Å². The van der Waals surface area contributed by atoms with Crippen molar-refractivity contribution in [2.45, 2.75) is 26.3 Å². The maximum atomic E-state index is 4.71. The van der Waals surface area contributed by atoms with Crippen LogP contribution >= 0.6 is 0 Å². The molecule has 0 fully saturated rings. The summed E-state index contributed by atoms with van der Waals surface area (Å²) in [7, 11) is 0. The number of aromatic nitrogens is 4. The molecule has 0 bridgehead atoms. The molecular weight excluding hydrogens is 633 g/mol. The highest BCUT2D eigenvalue weighted by Gasteiger charge is 2.25. The molecule has 4 nitrogen and oxygen atoms in total. The fourth-order valence-electron chi connectivity index (χ4n) is 7.61. The van der Waals surface area contributed by atoms with Gasteiger partial charge in [0.1, 0.15) is 0 Å². The van der Waals surface area contributed by atoms with Gasteiger partial charge in [-0.15, -0.1) is 10.2 Å². The summed E-state index contributed by atoms with van der Waals surface area (Å²) in [4.78, 5) is 0. The second kappa shape index (κ2) is 12.7. The van der Waals surface area contributed by atoms with Crippen LogP contribution in [0.15, 0.2) is 176 Å². The molecule has 0 saturated carbocycles. The minimum atomic E-state index is -0.208. The van der Waals surface area contributed by atoms with Gasteiger partial charge in [0.05, 0.1) is 11.0 Å². The summed E-state index contributed by atoms with van der Waals surface area (Å²) in [5.41, 5.74) is 12.6. The molecule has 0 aliphatic heterocycles. The van der Waals surface area contributed by atoms with E-state index < -0.39 is 0 Å². The van der Waals surface area contributed by atoms with Gasteiger partial charge < -0.3 is 9.13 Å². The predicted molar refractivity (Wildman–Crippen MR) is 217 cm³/mol. The van der Waals surface area contributed by atoms with Gasteiger partial charge in [0.25, 0.3) is 0 Å². The minimum absolute atomic E-state index is 0.208. The van der Waals surface area contributed by atoms with Crippen LogP contribution in [0, 0.1) is 0 Å². The first-order valence-corrected chi connectivity index (χ1v) is 17.9. The summed E-state index contributed by atoms with van der Waals surface area (Å²) in [6.45, 7) is 6.60. The molecule has 2 aromatic heterocycles. The SMILES string of the molecule is CC(C)(C)n1c(-c2ccccc2)nnc1-c1ccc(-c2ccccc2-c2ccccc2-c2ccc(-n3c4ccccc4c4ccccc43)cc2)cc1. The van der Waals surface area contributed by atoms with Gasteiger partial charge in [-0.3, -0.25) is 0 Å². The van der Waals surface area contributed by atoms with Crippen LogP contribution in [0.2, 0.25) is 0 Å². The van der Waals surface area contributed by atoms with Crippen molar-refractivity contribution in [1.29, 1.82) is 0 Å². The minimum Gasteiger partial charge on any atom is -0.309 e. The van der Waals surface area contributed by atoms with Crippen molar-refractivity contribution in [3.8, 4) is 61.8 Å². The Bertz CT molecular complexity index is 2640. The van der Waals surface area contributed by atoms with Crippen molar-refractivity contribution in [3.63, 3.8) is 0 Å². The topological polar surface area (TPSA) is 35.6 Å². The van der Waals surface area contributed by atoms with Crippen LogP contribution in [0.4, 0.5) is 0 Å². The van der Waals surface area contributed by atoms with E-state index in [1.54, 1.807) is 0 Å². The van der Waals surface area contributed by atoms with E-state index in [0.717, 1.165) is 34.0 Å². The first kappa shape index (κ1) is 31.5. The highest BCUT2D eigenvalue weighted by molar-refractivity contribution is 6.09. The Labute approximate surface area is 304 Å². The Morgan fingerprint density at radius 3 is 1.25 bits per heavy atom. The lowest BCUT2D eigenvalue weighted by Crippen LogP contribution is -2.23. The molecule has 9 aromatic rings. The van der Waals surface area contributed by atoms with Gasteiger partial charge in [-0.1, -0.05) is 152 Å². The van der Waals surface area contributed by atoms with Gasteiger partial charge in [0.15, 0.2) is 11.6 Å². The smallest absolute Gasteiger partial charge is 0.164 e. The van der Waals surface area contributed by atoms with Crippen LogP contribution in [-0.2, 0) is 5.54 Å². The molecule has 4 heteroatoms. The number of fused-ring (bicyclic) bond motifs is 3. The largest absolute Gasteiger partial charge is 0.309 e.